The molecular weight excluding hydrogens is 250 g/mol. The average Bonchev–Trinajstić information content (AvgIpc) is 2.28. The maximum absolute atomic E-state index is 13.3. The van der Waals surface area contributed by atoms with Gasteiger partial charge in [-0.3, -0.25) is 0 Å². The Labute approximate surface area is 112 Å². The number of carbonyl (C=O) groups excluding carboxylic acids is 1. The van der Waals surface area contributed by atoms with Crippen molar-refractivity contribution in [3.05, 3.63) is 35.4 Å². The molecule has 0 aliphatic carbocycles. The summed E-state index contributed by atoms with van der Waals surface area (Å²) in [6.45, 7) is 6.91. The molecule has 19 heavy (non-hydrogen) atoms. The highest BCUT2D eigenvalue weighted by atomic mass is 19.1. The number of hydrogen-bond acceptors (Lipinski definition) is 1. The molecule has 1 aromatic carbocycles. The molecule has 0 bridgehead atoms. The minimum Gasteiger partial charge on any atom is -0.338 e. The quantitative estimate of drug-likeness (QED) is 0.868. The van der Waals surface area contributed by atoms with Crippen LogP contribution < -0.4 is 10.6 Å². The van der Waals surface area contributed by atoms with Crippen LogP contribution in [-0.4, -0.2) is 19.1 Å². The standard InChI is InChI=1S/C14H20F2N2O/c1-14(2,3)9-18-13(19)17-7-6-10-4-5-11(15)8-12(10)16/h4-5,8H,6-7,9H2,1-3H3,(H2,17,18,19). The molecule has 0 saturated heterocycles. The van der Waals surface area contributed by atoms with Gasteiger partial charge in [0.05, 0.1) is 0 Å². The van der Waals surface area contributed by atoms with Gasteiger partial charge >= 0.3 is 6.03 Å². The highest BCUT2D eigenvalue weighted by Crippen LogP contribution is 2.10. The lowest BCUT2D eigenvalue weighted by atomic mass is 9.97. The molecule has 0 aromatic heterocycles. The zero-order valence-electron chi connectivity index (χ0n) is 11.5. The molecule has 0 aliphatic heterocycles. The van der Waals surface area contributed by atoms with Crippen LogP contribution in [0.25, 0.3) is 0 Å². The van der Waals surface area contributed by atoms with E-state index in [4.69, 9.17) is 0 Å². The Kier molecular flexibility index (Phi) is 5.27. The van der Waals surface area contributed by atoms with Crippen molar-refractivity contribution < 1.29 is 13.6 Å². The summed E-state index contributed by atoms with van der Waals surface area (Å²) in [5.41, 5.74) is 0.401. The predicted molar refractivity (Wildman–Crippen MR) is 70.9 cm³/mol. The highest BCUT2D eigenvalue weighted by Gasteiger charge is 2.11. The van der Waals surface area contributed by atoms with Crippen molar-refractivity contribution >= 4 is 6.03 Å². The Hall–Kier alpha value is -1.65. The molecule has 106 valence electrons. The SMILES string of the molecule is CC(C)(C)CNC(=O)NCCc1ccc(F)cc1F. The molecule has 2 N–H and O–H groups in total. The number of carbonyl (C=O) groups is 1. The lowest BCUT2D eigenvalue weighted by molar-refractivity contribution is 0.235. The normalized spacial score (nSPS) is 11.2. The van der Waals surface area contributed by atoms with E-state index in [0.717, 1.165) is 6.07 Å². The number of benzene rings is 1. The van der Waals surface area contributed by atoms with Gasteiger partial charge in [-0.2, -0.15) is 0 Å². The minimum absolute atomic E-state index is 0.0143. The summed E-state index contributed by atoms with van der Waals surface area (Å²) in [6.07, 6.45) is 0.328. The summed E-state index contributed by atoms with van der Waals surface area (Å²) >= 11 is 0. The molecule has 1 aromatic rings. The lowest BCUT2D eigenvalue weighted by Gasteiger charge is -2.18. The van der Waals surface area contributed by atoms with Crippen LogP contribution in [0.5, 0.6) is 0 Å². The first-order valence-electron chi connectivity index (χ1n) is 6.23. The van der Waals surface area contributed by atoms with Crippen molar-refractivity contribution in [3.8, 4) is 0 Å². The highest BCUT2D eigenvalue weighted by molar-refractivity contribution is 5.73. The Morgan fingerprint density at radius 2 is 1.89 bits per heavy atom. The summed E-state index contributed by atoms with van der Waals surface area (Å²) in [4.78, 5) is 11.4. The first-order chi connectivity index (χ1) is 8.78. The number of rotatable bonds is 4. The third-order valence-electron chi connectivity index (χ3n) is 2.47. The maximum Gasteiger partial charge on any atom is 0.314 e. The number of nitrogens with one attached hydrogen (secondary N) is 2. The van der Waals surface area contributed by atoms with Crippen LogP contribution in [0.15, 0.2) is 18.2 Å². The van der Waals surface area contributed by atoms with Gasteiger partial charge in [0.1, 0.15) is 11.6 Å². The number of halogens is 2. The van der Waals surface area contributed by atoms with E-state index >= 15 is 0 Å². The van der Waals surface area contributed by atoms with Gasteiger partial charge in [0.15, 0.2) is 0 Å². The first kappa shape index (κ1) is 15.4. The van der Waals surface area contributed by atoms with E-state index in [9.17, 15) is 13.6 Å². The van der Waals surface area contributed by atoms with E-state index in [-0.39, 0.29) is 11.4 Å². The van der Waals surface area contributed by atoms with Gasteiger partial charge in [-0.15, -0.1) is 0 Å². The third kappa shape index (κ3) is 6.18. The zero-order chi connectivity index (χ0) is 14.5. The Bertz CT molecular complexity index is 442. The predicted octanol–water partition coefficient (Wildman–Crippen LogP) is 2.85. The van der Waals surface area contributed by atoms with Crippen LogP contribution in [-0.2, 0) is 6.42 Å². The second-order valence-corrected chi connectivity index (χ2v) is 5.66. The fourth-order valence-electron chi connectivity index (χ4n) is 1.44. The summed E-state index contributed by atoms with van der Waals surface area (Å²) in [6, 6.07) is 3.16. The molecule has 2 amide bonds. The second kappa shape index (κ2) is 6.50. The van der Waals surface area contributed by atoms with Crippen molar-refractivity contribution in [2.75, 3.05) is 13.1 Å². The lowest BCUT2D eigenvalue weighted by Crippen LogP contribution is -2.40. The summed E-state index contributed by atoms with van der Waals surface area (Å²) in [7, 11) is 0. The van der Waals surface area contributed by atoms with Gasteiger partial charge in [0, 0.05) is 19.2 Å². The summed E-state index contributed by atoms with van der Waals surface area (Å²) in [5, 5.41) is 5.36. The van der Waals surface area contributed by atoms with Gasteiger partial charge in [-0.05, 0) is 23.5 Å². The van der Waals surface area contributed by atoms with E-state index in [2.05, 4.69) is 10.6 Å². The fourth-order valence-corrected chi connectivity index (χ4v) is 1.44. The van der Waals surface area contributed by atoms with Crippen LogP contribution in [0.3, 0.4) is 0 Å². The molecule has 0 radical (unpaired) electrons. The van der Waals surface area contributed by atoms with Crippen LogP contribution >= 0.6 is 0 Å². The minimum atomic E-state index is -0.600. The van der Waals surface area contributed by atoms with Crippen LogP contribution in [0, 0.1) is 17.0 Å². The van der Waals surface area contributed by atoms with E-state index in [1.807, 2.05) is 20.8 Å². The Balaban J connectivity index is 2.32. The van der Waals surface area contributed by atoms with Crippen LogP contribution in [0.4, 0.5) is 13.6 Å². The average molecular weight is 270 g/mol. The molecule has 0 heterocycles. The molecule has 5 heteroatoms. The van der Waals surface area contributed by atoms with Crippen LogP contribution in [0.2, 0.25) is 0 Å². The Morgan fingerprint density at radius 1 is 1.21 bits per heavy atom. The number of amides is 2. The van der Waals surface area contributed by atoms with Crippen LogP contribution in [0.1, 0.15) is 26.3 Å². The summed E-state index contributed by atoms with van der Waals surface area (Å²) in [5.74, 6) is -1.19. The molecule has 0 spiro atoms. The molecule has 1 rings (SSSR count). The molecule has 0 fully saturated rings. The maximum atomic E-state index is 13.3. The van der Waals surface area contributed by atoms with E-state index in [1.54, 1.807) is 0 Å². The van der Waals surface area contributed by atoms with Gasteiger partial charge < -0.3 is 10.6 Å². The van der Waals surface area contributed by atoms with E-state index in [1.165, 1.54) is 12.1 Å². The van der Waals surface area contributed by atoms with Crippen molar-refractivity contribution in [2.24, 2.45) is 5.41 Å². The largest absolute Gasteiger partial charge is 0.338 e. The molecule has 0 aliphatic rings. The van der Waals surface area contributed by atoms with Gasteiger partial charge in [-0.1, -0.05) is 26.8 Å². The van der Waals surface area contributed by atoms with E-state index < -0.39 is 11.6 Å². The van der Waals surface area contributed by atoms with Gasteiger partial charge in [-0.25, -0.2) is 13.6 Å². The smallest absolute Gasteiger partial charge is 0.314 e. The van der Waals surface area contributed by atoms with E-state index in [0.29, 0.717) is 25.1 Å². The molecule has 0 atom stereocenters. The molecule has 0 unspecified atom stereocenters. The van der Waals surface area contributed by atoms with Crippen molar-refractivity contribution in [3.63, 3.8) is 0 Å². The Morgan fingerprint density at radius 3 is 2.47 bits per heavy atom. The van der Waals surface area contributed by atoms with Gasteiger partial charge in [0.25, 0.3) is 0 Å². The third-order valence-corrected chi connectivity index (χ3v) is 2.47. The topological polar surface area (TPSA) is 41.1 Å². The van der Waals surface area contributed by atoms with Crippen molar-refractivity contribution in [1.29, 1.82) is 0 Å². The molecular formula is C14H20F2N2O. The zero-order valence-corrected chi connectivity index (χ0v) is 11.5. The number of urea groups is 1. The summed E-state index contributed by atoms with van der Waals surface area (Å²) < 4.78 is 26.0. The second-order valence-electron chi connectivity index (χ2n) is 5.66. The first-order valence-corrected chi connectivity index (χ1v) is 6.23. The van der Waals surface area contributed by atoms with Gasteiger partial charge in [0.2, 0.25) is 0 Å². The molecule has 3 nitrogen and oxygen atoms in total. The monoisotopic (exact) mass is 270 g/mol. The fraction of sp³-hybridized carbons (Fsp3) is 0.500. The molecule has 0 saturated carbocycles. The van der Waals surface area contributed by atoms with Crippen molar-refractivity contribution in [1.82, 2.24) is 10.6 Å². The van der Waals surface area contributed by atoms with Crippen molar-refractivity contribution in [2.45, 2.75) is 27.2 Å². The number of hydrogen-bond donors (Lipinski definition) is 2.